The number of hydrogen-bond donors (Lipinski definition) is 1. The summed E-state index contributed by atoms with van der Waals surface area (Å²) >= 11 is 5.81. The molecule has 4 aromatic carbocycles. The monoisotopic (exact) mass is 624 g/mol. The Labute approximate surface area is 218 Å². The normalized spacial score (nSPS) is 10.9. The number of benzene rings is 4. The van der Waals surface area contributed by atoms with Crippen LogP contribution in [0.15, 0.2) is 99.9 Å². The molecule has 0 unspecified atom stereocenters. The van der Waals surface area contributed by atoms with Gasteiger partial charge >= 0.3 is 0 Å². The Morgan fingerprint density at radius 1 is 0.971 bits per heavy atom. The number of amides is 1. The molecule has 0 aliphatic rings. The number of carbonyl (C=O) groups is 1. The molecule has 1 heterocycles. The van der Waals surface area contributed by atoms with Crippen molar-refractivity contribution in [3.63, 3.8) is 0 Å². The lowest BCUT2D eigenvalue weighted by molar-refractivity contribution is 0.102. The summed E-state index contributed by atoms with van der Waals surface area (Å²) in [6.45, 7) is 0.438. The second-order valence-corrected chi connectivity index (χ2v) is 9.68. The van der Waals surface area contributed by atoms with Crippen molar-refractivity contribution in [1.82, 2.24) is 4.98 Å². The number of nitrogens with zero attached hydrogens (tertiary/aromatic N) is 1. The van der Waals surface area contributed by atoms with Gasteiger partial charge in [-0.25, -0.2) is 4.98 Å². The van der Waals surface area contributed by atoms with Gasteiger partial charge in [0.25, 0.3) is 5.91 Å². The van der Waals surface area contributed by atoms with Crippen molar-refractivity contribution in [2.75, 3.05) is 5.32 Å². The minimum Gasteiger partial charge on any atom is -0.489 e. The fourth-order valence-electron chi connectivity index (χ4n) is 3.45. The number of aromatic nitrogens is 1. The van der Waals surface area contributed by atoms with E-state index in [-0.39, 0.29) is 5.91 Å². The van der Waals surface area contributed by atoms with Crippen molar-refractivity contribution in [2.24, 2.45) is 0 Å². The fraction of sp³-hybridized carbons (Fsp3) is 0.0370. The molecule has 0 saturated carbocycles. The topological polar surface area (TPSA) is 64.4 Å². The second-order valence-electron chi connectivity index (χ2n) is 7.58. The third kappa shape index (κ3) is 5.15. The van der Waals surface area contributed by atoms with E-state index in [0.717, 1.165) is 19.2 Å². The maximum atomic E-state index is 12.9. The lowest BCUT2D eigenvalue weighted by Crippen LogP contribution is -2.12. The maximum absolute atomic E-state index is 12.9. The summed E-state index contributed by atoms with van der Waals surface area (Å²) in [5.41, 5.74) is 4.40. The number of hydrogen-bond acceptors (Lipinski definition) is 4. The number of oxazole rings is 1. The second kappa shape index (κ2) is 9.99. The van der Waals surface area contributed by atoms with Gasteiger partial charge in [0.2, 0.25) is 5.89 Å². The zero-order chi connectivity index (χ0) is 23.5. The van der Waals surface area contributed by atoms with E-state index in [9.17, 15) is 4.79 Å². The van der Waals surface area contributed by atoms with Crippen LogP contribution in [0.4, 0.5) is 5.69 Å². The Kier molecular flexibility index (Phi) is 6.64. The highest BCUT2D eigenvalue weighted by Crippen LogP contribution is 2.32. The lowest BCUT2D eigenvalue weighted by atomic mass is 10.2. The number of nitrogens with one attached hydrogen (secondary N) is 1. The molecule has 168 valence electrons. The molecular weight excluding hydrogens is 607 g/mol. The summed E-state index contributed by atoms with van der Waals surface area (Å²) in [4.78, 5) is 17.5. The molecule has 0 aliphatic heterocycles. The van der Waals surface area contributed by atoms with Gasteiger partial charge in [0, 0.05) is 19.3 Å². The predicted molar refractivity (Wildman–Crippen MR) is 145 cm³/mol. The van der Waals surface area contributed by atoms with Crippen LogP contribution in [0.2, 0.25) is 0 Å². The first-order valence-electron chi connectivity index (χ1n) is 10.5. The molecule has 0 fully saturated rings. The van der Waals surface area contributed by atoms with Crippen LogP contribution in [0.25, 0.3) is 22.6 Å². The molecule has 34 heavy (non-hydrogen) atoms. The number of rotatable bonds is 6. The van der Waals surface area contributed by atoms with Crippen molar-refractivity contribution in [3.8, 4) is 17.2 Å². The van der Waals surface area contributed by atoms with Gasteiger partial charge in [-0.15, -0.1) is 0 Å². The van der Waals surface area contributed by atoms with Gasteiger partial charge in [-0.2, -0.15) is 0 Å². The van der Waals surface area contributed by atoms with Crippen molar-refractivity contribution < 1.29 is 13.9 Å². The molecule has 5 nitrogen and oxygen atoms in total. The molecule has 1 N–H and O–H groups in total. The van der Waals surface area contributed by atoms with Crippen LogP contribution in [0.1, 0.15) is 15.9 Å². The van der Waals surface area contributed by atoms with Gasteiger partial charge in [-0.05, 0) is 98.7 Å². The van der Waals surface area contributed by atoms with Crippen LogP contribution in [-0.2, 0) is 6.61 Å². The zero-order valence-electron chi connectivity index (χ0n) is 17.8. The largest absolute Gasteiger partial charge is 0.489 e. The Balaban J connectivity index is 1.32. The maximum Gasteiger partial charge on any atom is 0.255 e. The Morgan fingerprint density at radius 3 is 2.68 bits per heavy atom. The minimum absolute atomic E-state index is 0.228. The summed E-state index contributed by atoms with van der Waals surface area (Å²) in [5.74, 6) is 0.928. The molecule has 1 aromatic heterocycles. The van der Waals surface area contributed by atoms with Crippen molar-refractivity contribution in [3.05, 3.63) is 110 Å². The van der Waals surface area contributed by atoms with Crippen LogP contribution in [0.3, 0.4) is 0 Å². The number of carbonyl (C=O) groups excluding carboxylic acids is 1. The first-order chi connectivity index (χ1) is 16.5. The van der Waals surface area contributed by atoms with Crippen LogP contribution in [0, 0.1) is 3.57 Å². The standard InChI is InChI=1S/C27H18BrIN2O3/c28-23-11-9-19(29)14-22(23)27-31-24-15-20(10-12-25(24)34-27)30-26(32)18-7-4-8-21(13-18)33-16-17-5-2-1-3-6-17/h1-15H,16H2,(H,30,32). The molecule has 1 amide bonds. The number of anilines is 1. The fourth-order valence-corrected chi connectivity index (χ4v) is 4.36. The number of ether oxygens (including phenoxy) is 1. The van der Waals surface area contributed by atoms with E-state index in [1.165, 1.54) is 0 Å². The van der Waals surface area contributed by atoms with Crippen LogP contribution in [0.5, 0.6) is 5.75 Å². The first-order valence-corrected chi connectivity index (χ1v) is 12.4. The summed E-state index contributed by atoms with van der Waals surface area (Å²) in [7, 11) is 0. The molecule has 0 atom stereocenters. The summed E-state index contributed by atoms with van der Waals surface area (Å²) in [6, 6.07) is 28.4. The molecule has 5 aromatic rings. The van der Waals surface area contributed by atoms with Gasteiger partial charge in [-0.3, -0.25) is 4.79 Å². The van der Waals surface area contributed by atoms with Crippen molar-refractivity contribution in [2.45, 2.75) is 6.61 Å². The summed E-state index contributed by atoms with van der Waals surface area (Å²) in [6.07, 6.45) is 0. The first kappa shape index (κ1) is 22.6. The Bertz CT molecular complexity index is 1480. The van der Waals surface area contributed by atoms with Gasteiger partial charge in [-0.1, -0.05) is 36.4 Å². The Hall–Kier alpha value is -3.17. The Morgan fingerprint density at radius 2 is 1.82 bits per heavy atom. The zero-order valence-corrected chi connectivity index (χ0v) is 21.5. The van der Waals surface area contributed by atoms with Crippen LogP contribution in [-0.4, -0.2) is 10.9 Å². The van der Waals surface area contributed by atoms with E-state index < -0.39 is 0 Å². The van der Waals surface area contributed by atoms with E-state index in [2.05, 4.69) is 48.8 Å². The molecule has 0 saturated heterocycles. The van der Waals surface area contributed by atoms with Gasteiger partial charge in [0.1, 0.15) is 17.9 Å². The molecule has 0 aliphatic carbocycles. The van der Waals surface area contributed by atoms with Gasteiger partial charge in [0.15, 0.2) is 5.58 Å². The van der Waals surface area contributed by atoms with Gasteiger partial charge < -0.3 is 14.5 Å². The molecule has 0 radical (unpaired) electrons. The number of halogens is 2. The highest BCUT2D eigenvalue weighted by Gasteiger charge is 2.14. The SMILES string of the molecule is O=C(Nc1ccc2oc(-c3cc(I)ccc3Br)nc2c1)c1cccc(OCc2ccccc2)c1. The molecule has 5 rings (SSSR count). The van der Waals surface area contributed by atoms with E-state index in [4.69, 9.17) is 9.15 Å². The van der Waals surface area contributed by atoms with Crippen molar-refractivity contribution in [1.29, 1.82) is 0 Å². The summed E-state index contributed by atoms with van der Waals surface area (Å²) < 4.78 is 13.8. The molecule has 0 bridgehead atoms. The van der Waals surface area contributed by atoms with E-state index in [1.54, 1.807) is 30.3 Å². The van der Waals surface area contributed by atoms with E-state index in [1.807, 2.05) is 60.7 Å². The van der Waals surface area contributed by atoms with Crippen molar-refractivity contribution >= 4 is 61.2 Å². The average Bonchev–Trinajstić information content (AvgIpc) is 3.28. The minimum atomic E-state index is -0.228. The average molecular weight is 625 g/mol. The van der Waals surface area contributed by atoms with Crippen LogP contribution < -0.4 is 10.1 Å². The third-order valence-corrected chi connectivity index (χ3v) is 6.51. The van der Waals surface area contributed by atoms with Crippen LogP contribution >= 0.6 is 38.5 Å². The van der Waals surface area contributed by atoms with E-state index in [0.29, 0.717) is 40.6 Å². The predicted octanol–water partition coefficient (Wildman–Crippen LogP) is 7.69. The molecule has 7 heteroatoms. The third-order valence-electron chi connectivity index (χ3n) is 5.15. The highest BCUT2D eigenvalue weighted by atomic mass is 127. The molecular formula is C27H18BrIN2O3. The molecule has 0 spiro atoms. The smallest absolute Gasteiger partial charge is 0.255 e. The van der Waals surface area contributed by atoms with E-state index >= 15 is 0 Å². The number of fused-ring (bicyclic) bond motifs is 1. The summed E-state index contributed by atoms with van der Waals surface area (Å²) in [5, 5.41) is 2.93. The lowest BCUT2D eigenvalue weighted by Gasteiger charge is -2.09. The van der Waals surface area contributed by atoms with Gasteiger partial charge in [0.05, 0.1) is 5.56 Å². The highest BCUT2D eigenvalue weighted by molar-refractivity contribution is 14.1. The quantitative estimate of drug-likeness (QED) is 0.197.